The van der Waals surface area contributed by atoms with Crippen LogP contribution in [0.4, 0.5) is 11.5 Å². The number of nitriles is 1. The summed E-state index contributed by atoms with van der Waals surface area (Å²) in [7, 11) is 0. The number of hydrogen-bond donors (Lipinski definition) is 3. The molecular weight excluding hydrogens is 394 g/mol. The minimum absolute atomic E-state index is 0.0477. The molecule has 0 saturated carbocycles. The van der Waals surface area contributed by atoms with Gasteiger partial charge in [0, 0.05) is 12.1 Å². The van der Waals surface area contributed by atoms with E-state index in [1.165, 1.54) is 19.2 Å². The fourth-order valence-corrected chi connectivity index (χ4v) is 4.11. The summed E-state index contributed by atoms with van der Waals surface area (Å²) in [6.07, 6.45) is 5.63. The molecule has 0 spiro atoms. The van der Waals surface area contributed by atoms with Crippen LogP contribution in [-0.2, 0) is 0 Å². The van der Waals surface area contributed by atoms with E-state index in [0.29, 0.717) is 45.8 Å². The lowest BCUT2D eigenvalue weighted by Gasteiger charge is -2.29. The number of nitrogens with zero attached hydrogens (tertiary/aromatic N) is 3. The van der Waals surface area contributed by atoms with Crippen molar-refractivity contribution < 1.29 is 14.6 Å². The first-order chi connectivity index (χ1) is 14.2. The van der Waals surface area contributed by atoms with Crippen molar-refractivity contribution in [1.29, 1.82) is 5.26 Å². The van der Waals surface area contributed by atoms with Crippen LogP contribution in [0.1, 0.15) is 31.2 Å². The molecule has 2 aliphatic heterocycles. The molecule has 0 radical (unpaired) electrons. The summed E-state index contributed by atoms with van der Waals surface area (Å²) in [5.41, 5.74) is 1.04. The van der Waals surface area contributed by atoms with Gasteiger partial charge in [0.1, 0.15) is 19.0 Å². The molecule has 0 amide bonds. The molecule has 1 aromatic heterocycles. The van der Waals surface area contributed by atoms with Gasteiger partial charge in [-0.15, -0.1) is 0 Å². The third-order valence-electron chi connectivity index (χ3n) is 5.17. The minimum Gasteiger partial charge on any atom is -0.483 e. The molecule has 29 heavy (non-hydrogen) atoms. The quantitative estimate of drug-likeness (QED) is 0.632. The first kappa shape index (κ1) is 19.7. The van der Waals surface area contributed by atoms with Crippen molar-refractivity contribution >= 4 is 23.1 Å². The van der Waals surface area contributed by atoms with Crippen LogP contribution < -0.4 is 20.1 Å². The number of benzene rings is 1. The van der Waals surface area contributed by atoms with Gasteiger partial charge in [0.2, 0.25) is 5.75 Å². The van der Waals surface area contributed by atoms with Crippen LogP contribution in [0.3, 0.4) is 0 Å². The van der Waals surface area contributed by atoms with Gasteiger partial charge in [0.15, 0.2) is 5.82 Å². The predicted molar refractivity (Wildman–Crippen MR) is 108 cm³/mol. The average molecular weight is 416 g/mol. The molecule has 2 unspecified atom stereocenters. The van der Waals surface area contributed by atoms with E-state index in [4.69, 9.17) is 26.3 Å². The molecular formula is C20H22ClN5O3. The fourth-order valence-electron chi connectivity index (χ4n) is 3.88. The van der Waals surface area contributed by atoms with Gasteiger partial charge in [-0.3, -0.25) is 0 Å². The molecule has 2 bridgehead atoms. The number of hydrogen-bond acceptors (Lipinski definition) is 8. The maximum absolute atomic E-state index is 9.21. The van der Waals surface area contributed by atoms with Crippen molar-refractivity contribution in [1.82, 2.24) is 15.3 Å². The number of halogens is 1. The lowest BCUT2D eigenvalue weighted by atomic mass is 10.0. The van der Waals surface area contributed by atoms with Crippen LogP contribution in [0.25, 0.3) is 0 Å². The molecule has 3 heterocycles. The summed E-state index contributed by atoms with van der Waals surface area (Å²) in [6, 6.07) is 7.94. The number of aromatic nitrogens is 2. The Morgan fingerprint density at radius 3 is 2.76 bits per heavy atom. The molecule has 1 aromatic carbocycles. The van der Waals surface area contributed by atoms with E-state index >= 15 is 0 Å². The van der Waals surface area contributed by atoms with Crippen LogP contribution in [-0.4, -0.2) is 46.5 Å². The predicted octanol–water partition coefficient (Wildman–Crippen LogP) is 2.78. The van der Waals surface area contributed by atoms with Gasteiger partial charge >= 0.3 is 0 Å². The zero-order chi connectivity index (χ0) is 20.2. The van der Waals surface area contributed by atoms with Crippen molar-refractivity contribution in [2.75, 3.05) is 18.5 Å². The second-order valence-electron chi connectivity index (χ2n) is 7.21. The second kappa shape index (κ2) is 8.82. The standard InChI is InChI=1S/C20H22ClN5O3/c21-16-7-12(10-22)1-4-17(16)26-19-18(28-6-5-27)20(24-11-23-19)29-15-8-13-2-3-14(9-15)25-13/h1,4,7,11,13-15,25,27H,2-3,5-6,8-9H2,(H,23,24,26). The van der Waals surface area contributed by atoms with E-state index in [1.807, 2.05) is 6.07 Å². The Labute approximate surface area is 173 Å². The summed E-state index contributed by atoms with van der Waals surface area (Å²) in [6.45, 7) is -0.0696. The number of fused-ring (bicyclic) bond motifs is 2. The van der Waals surface area contributed by atoms with Crippen molar-refractivity contribution in [3.05, 3.63) is 35.1 Å². The highest BCUT2D eigenvalue weighted by atomic mass is 35.5. The highest BCUT2D eigenvalue weighted by Gasteiger charge is 2.35. The molecule has 2 aliphatic rings. The summed E-state index contributed by atoms with van der Waals surface area (Å²) in [5, 5.41) is 25.3. The van der Waals surface area contributed by atoms with E-state index in [1.54, 1.807) is 18.2 Å². The highest BCUT2D eigenvalue weighted by molar-refractivity contribution is 6.33. The van der Waals surface area contributed by atoms with E-state index < -0.39 is 0 Å². The normalized spacial score (nSPS) is 22.7. The molecule has 2 saturated heterocycles. The van der Waals surface area contributed by atoms with Gasteiger partial charge in [-0.2, -0.15) is 10.2 Å². The monoisotopic (exact) mass is 415 g/mol. The number of piperidine rings is 1. The Morgan fingerprint density at radius 1 is 1.28 bits per heavy atom. The lowest BCUT2D eigenvalue weighted by molar-refractivity contribution is 0.122. The summed E-state index contributed by atoms with van der Waals surface area (Å²) >= 11 is 6.27. The number of anilines is 2. The van der Waals surface area contributed by atoms with Crippen LogP contribution in [0.5, 0.6) is 11.6 Å². The van der Waals surface area contributed by atoms with Crippen molar-refractivity contribution in [3.63, 3.8) is 0 Å². The topological polar surface area (TPSA) is 112 Å². The van der Waals surface area contributed by atoms with E-state index in [2.05, 4.69) is 20.6 Å². The largest absolute Gasteiger partial charge is 0.483 e. The second-order valence-corrected chi connectivity index (χ2v) is 7.62. The Balaban J connectivity index is 1.58. The van der Waals surface area contributed by atoms with Crippen LogP contribution >= 0.6 is 11.6 Å². The highest BCUT2D eigenvalue weighted by Crippen LogP contribution is 2.37. The number of aliphatic hydroxyl groups excluding tert-OH is 1. The number of aliphatic hydroxyl groups is 1. The van der Waals surface area contributed by atoms with E-state index in [0.717, 1.165) is 12.8 Å². The Bertz CT molecular complexity index is 907. The van der Waals surface area contributed by atoms with Gasteiger partial charge < -0.3 is 25.2 Å². The third-order valence-corrected chi connectivity index (χ3v) is 5.48. The Kier molecular flexibility index (Phi) is 6.00. The molecule has 152 valence electrons. The Morgan fingerprint density at radius 2 is 2.07 bits per heavy atom. The molecule has 3 N–H and O–H groups in total. The third kappa shape index (κ3) is 4.53. The zero-order valence-electron chi connectivity index (χ0n) is 15.8. The molecule has 8 nitrogen and oxygen atoms in total. The van der Waals surface area contributed by atoms with Gasteiger partial charge in [-0.1, -0.05) is 11.6 Å². The summed E-state index contributed by atoms with van der Waals surface area (Å²) < 4.78 is 11.9. The van der Waals surface area contributed by atoms with E-state index in [9.17, 15) is 5.11 Å². The maximum Gasteiger partial charge on any atom is 0.262 e. The van der Waals surface area contributed by atoms with Gasteiger partial charge in [-0.25, -0.2) is 4.98 Å². The van der Waals surface area contributed by atoms with Crippen molar-refractivity contribution in [3.8, 4) is 17.7 Å². The van der Waals surface area contributed by atoms with E-state index in [-0.39, 0.29) is 19.3 Å². The molecule has 2 atom stereocenters. The smallest absolute Gasteiger partial charge is 0.262 e. The molecule has 0 aliphatic carbocycles. The van der Waals surface area contributed by atoms with Crippen LogP contribution in [0.15, 0.2) is 24.5 Å². The van der Waals surface area contributed by atoms with Crippen molar-refractivity contribution in [2.24, 2.45) is 0 Å². The molecule has 2 aromatic rings. The molecule has 9 heteroatoms. The van der Waals surface area contributed by atoms with Crippen molar-refractivity contribution in [2.45, 2.75) is 43.9 Å². The first-order valence-corrected chi connectivity index (χ1v) is 10.0. The maximum atomic E-state index is 9.21. The Hall–Kier alpha value is -2.60. The average Bonchev–Trinajstić information content (AvgIpc) is 3.07. The number of rotatable bonds is 7. The first-order valence-electron chi connectivity index (χ1n) is 9.64. The zero-order valence-corrected chi connectivity index (χ0v) is 16.5. The van der Waals surface area contributed by atoms with Gasteiger partial charge in [0.25, 0.3) is 5.88 Å². The SMILES string of the molecule is N#Cc1ccc(Nc2ncnc(OC3CC4CCC(C3)N4)c2OCCO)c(Cl)c1. The number of ether oxygens (including phenoxy) is 2. The molecule has 4 rings (SSSR count). The summed E-state index contributed by atoms with van der Waals surface area (Å²) in [4.78, 5) is 8.53. The van der Waals surface area contributed by atoms with Gasteiger partial charge in [0.05, 0.1) is 28.9 Å². The van der Waals surface area contributed by atoms with Gasteiger partial charge in [-0.05, 0) is 43.9 Å². The summed E-state index contributed by atoms with van der Waals surface area (Å²) in [5.74, 6) is 1.05. The van der Waals surface area contributed by atoms with Crippen LogP contribution in [0.2, 0.25) is 5.02 Å². The minimum atomic E-state index is -0.150. The van der Waals surface area contributed by atoms with Crippen LogP contribution in [0, 0.1) is 11.3 Å². The lowest BCUT2D eigenvalue weighted by Crippen LogP contribution is -2.42. The number of nitrogens with one attached hydrogen (secondary N) is 2. The fraction of sp³-hybridized carbons (Fsp3) is 0.450. The molecule has 2 fully saturated rings.